The number of carbonyl (C=O) groups excluding carboxylic acids is 1. The van der Waals surface area contributed by atoms with Gasteiger partial charge >= 0.3 is 0 Å². The zero-order valence-corrected chi connectivity index (χ0v) is 13.8. The number of nitrogens with one attached hydrogen (secondary N) is 1. The molecule has 0 bridgehead atoms. The normalized spacial score (nSPS) is 11.7. The molecule has 1 amide bonds. The average molecular weight is 292 g/mol. The van der Waals surface area contributed by atoms with Gasteiger partial charge in [0, 0.05) is 10.9 Å². The van der Waals surface area contributed by atoms with Crippen molar-refractivity contribution in [3.8, 4) is 11.8 Å². The van der Waals surface area contributed by atoms with Gasteiger partial charge in [-0.25, -0.2) is 0 Å². The van der Waals surface area contributed by atoms with Crippen molar-refractivity contribution in [1.82, 2.24) is 5.32 Å². The predicted octanol–water partition coefficient (Wildman–Crippen LogP) is 3.00. The van der Waals surface area contributed by atoms with E-state index in [-0.39, 0.29) is 16.9 Å². The molecule has 0 fully saturated rings. The Bertz CT molecular complexity index is 527. The summed E-state index contributed by atoms with van der Waals surface area (Å²) in [5, 5.41) is 4.93. The minimum Gasteiger partial charge on any atom is -0.347 e. The molecule has 0 radical (unpaired) electrons. The van der Waals surface area contributed by atoms with E-state index in [2.05, 4.69) is 51.8 Å². The summed E-state index contributed by atoms with van der Waals surface area (Å²) in [5.41, 5.74) is 5.94. The van der Waals surface area contributed by atoms with Crippen LogP contribution in [0.3, 0.4) is 0 Å². The van der Waals surface area contributed by atoms with Crippen LogP contribution < -0.4 is 11.1 Å². The van der Waals surface area contributed by atoms with E-state index in [1.165, 1.54) is 11.3 Å². The lowest BCUT2D eigenvalue weighted by Gasteiger charge is -2.33. The fourth-order valence-corrected chi connectivity index (χ4v) is 3.16. The molecule has 0 aliphatic carbocycles. The van der Waals surface area contributed by atoms with Crippen molar-refractivity contribution >= 4 is 17.2 Å². The van der Waals surface area contributed by atoms with E-state index in [9.17, 15) is 4.79 Å². The number of thiophene rings is 1. The third-order valence-corrected chi connectivity index (χ3v) is 3.45. The number of carbonyl (C=O) groups is 1. The van der Waals surface area contributed by atoms with Crippen LogP contribution in [0, 0.1) is 17.3 Å². The van der Waals surface area contributed by atoms with Gasteiger partial charge in [0.15, 0.2) is 0 Å². The van der Waals surface area contributed by atoms with Gasteiger partial charge in [0.05, 0.1) is 17.0 Å². The van der Waals surface area contributed by atoms with Crippen molar-refractivity contribution in [2.45, 2.75) is 46.6 Å². The molecule has 0 aliphatic rings. The van der Waals surface area contributed by atoms with Crippen LogP contribution in [0.4, 0.5) is 0 Å². The number of rotatable bonds is 3. The Morgan fingerprint density at radius 1 is 1.35 bits per heavy atom. The second-order valence-corrected chi connectivity index (χ2v) is 7.69. The number of nitrogens with two attached hydrogens (primary N) is 1. The van der Waals surface area contributed by atoms with Crippen LogP contribution in [-0.4, -0.2) is 18.0 Å². The van der Waals surface area contributed by atoms with E-state index < -0.39 is 0 Å². The van der Waals surface area contributed by atoms with E-state index in [0.717, 1.165) is 11.3 Å². The standard InChI is InChI=1S/C16H24N2OS/c1-15(2,3)11-16(4,5)18-14(19)12-9-13(20-10-12)7-6-8-17/h9-10H,8,11,17H2,1-5H3,(H,18,19). The molecule has 1 rings (SSSR count). The summed E-state index contributed by atoms with van der Waals surface area (Å²) in [5.74, 6) is 5.69. The molecule has 1 aromatic heterocycles. The molecular formula is C16H24N2OS. The Hall–Kier alpha value is -1.31. The summed E-state index contributed by atoms with van der Waals surface area (Å²) in [4.78, 5) is 13.1. The smallest absolute Gasteiger partial charge is 0.252 e. The molecule has 20 heavy (non-hydrogen) atoms. The Balaban J connectivity index is 2.73. The molecule has 0 saturated heterocycles. The highest BCUT2D eigenvalue weighted by molar-refractivity contribution is 7.10. The molecule has 3 nitrogen and oxygen atoms in total. The topological polar surface area (TPSA) is 55.1 Å². The van der Waals surface area contributed by atoms with Gasteiger partial charge in [-0.2, -0.15) is 0 Å². The van der Waals surface area contributed by atoms with Crippen molar-refractivity contribution in [2.75, 3.05) is 6.54 Å². The summed E-state index contributed by atoms with van der Waals surface area (Å²) in [7, 11) is 0. The number of hydrogen-bond acceptors (Lipinski definition) is 3. The van der Waals surface area contributed by atoms with E-state index in [4.69, 9.17) is 5.73 Å². The van der Waals surface area contributed by atoms with Gasteiger partial charge < -0.3 is 11.1 Å². The molecule has 1 heterocycles. The van der Waals surface area contributed by atoms with Gasteiger partial charge in [-0.3, -0.25) is 4.79 Å². The molecule has 0 atom stereocenters. The highest BCUT2D eigenvalue weighted by atomic mass is 32.1. The molecule has 0 aliphatic heterocycles. The first-order valence-electron chi connectivity index (χ1n) is 6.73. The third-order valence-electron chi connectivity index (χ3n) is 2.60. The Labute approximate surface area is 126 Å². The largest absolute Gasteiger partial charge is 0.347 e. The summed E-state index contributed by atoms with van der Waals surface area (Å²) in [6.45, 7) is 11.0. The van der Waals surface area contributed by atoms with Crippen molar-refractivity contribution in [2.24, 2.45) is 11.1 Å². The lowest BCUT2D eigenvalue weighted by Crippen LogP contribution is -2.45. The van der Waals surface area contributed by atoms with Gasteiger partial charge in [-0.15, -0.1) is 11.3 Å². The van der Waals surface area contributed by atoms with Gasteiger partial charge in [-0.1, -0.05) is 32.6 Å². The predicted molar refractivity (Wildman–Crippen MR) is 85.9 cm³/mol. The second-order valence-electron chi connectivity index (χ2n) is 6.78. The van der Waals surface area contributed by atoms with Gasteiger partial charge in [-0.05, 0) is 31.7 Å². The zero-order chi connectivity index (χ0) is 15.4. The van der Waals surface area contributed by atoms with Gasteiger partial charge in [0.2, 0.25) is 0 Å². The first kappa shape index (κ1) is 16.7. The molecule has 1 aromatic rings. The van der Waals surface area contributed by atoms with Crippen LogP contribution in [0.1, 0.15) is 56.3 Å². The number of amides is 1. The molecule has 110 valence electrons. The highest BCUT2D eigenvalue weighted by Crippen LogP contribution is 2.27. The lowest BCUT2D eigenvalue weighted by atomic mass is 9.81. The van der Waals surface area contributed by atoms with Crippen LogP contribution in [0.5, 0.6) is 0 Å². The van der Waals surface area contributed by atoms with Crippen LogP contribution in [-0.2, 0) is 0 Å². The second kappa shape index (κ2) is 6.43. The van der Waals surface area contributed by atoms with Crippen molar-refractivity contribution < 1.29 is 4.79 Å². The Kier molecular flexibility index (Phi) is 5.38. The van der Waals surface area contributed by atoms with Gasteiger partial charge in [0.25, 0.3) is 5.91 Å². The van der Waals surface area contributed by atoms with E-state index in [1.807, 2.05) is 11.4 Å². The fourth-order valence-electron chi connectivity index (χ4n) is 2.41. The summed E-state index contributed by atoms with van der Waals surface area (Å²) < 4.78 is 0. The molecule has 0 aromatic carbocycles. The summed E-state index contributed by atoms with van der Waals surface area (Å²) in [6, 6.07) is 1.82. The lowest BCUT2D eigenvalue weighted by molar-refractivity contribution is 0.0892. The third kappa shape index (κ3) is 5.77. The Morgan fingerprint density at radius 2 is 2.00 bits per heavy atom. The number of hydrogen-bond donors (Lipinski definition) is 2. The van der Waals surface area contributed by atoms with Gasteiger partial charge in [0.1, 0.15) is 0 Å². The average Bonchev–Trinajstić information content (AvgIpc) is 2.70. The Morgan fingerprint density at radius 3 is 2.55 bits per heavy atom. The molecule has 0 unspecified atom stereocenters. The molecule has 0 saturated carbocycles. The summed E-state index contributed by atoms with van der Waals surface area (Å²) >= 11 is 1.47. The van der Waals surface area contributed by atoms with E-state index >= 15 is 0 Å². The fraction of sp³-hybridized carbons (Fsp3) is 0.562. The molecular weight excluding hydrogens is 268 g/mol. The molecule has 3 N–H and O–H groups in total. The van der Waals surface area contributed by atoms with E-state index in [1.54, 1.807) is 0 Å². The molecule has 0 spiro atoms. The minimum absolute atomic E-state index is 0.0451. The van der Waals surface area contributed by atoms with Crippen molar-refractivity contribution in [1.29, 1.82) is 0 Å². The van der Waals surface area contributed by atoms with Crippen molar-refractivity contribution in [3.63, 3.8) is 0 Å². The van der Waals surface area contributed by atoms with Crippen LogP contribution in [0.25, 0.3) is 0 Å². The van der Waals surface area contributed by atoms with Crippen molar-refractivity contribution in [3.05, 3.63) is 21.9 Å². The van der Waals surface area contributed by atoms with Crippen LogP contribution >= 0.6 is 11.3 Å². The SMILES string of the molecule is CC(C)(C)CC(C)(C)NC(=O)c1csc(C#CCN)c1. The maximum absolute atomic E-state index is 12.3. The first-order valence-corrected chi connectivity index (χ1v) is 7.61. The zero-order valence-electron chi connectivity index (χ0n) is 13.0. The maximum Gasteiger partial charge on any atom is 0.252 e. The highest BCUT2D eigenvalue weighted by Gasteiger charge is 2.27. The van der Waals surface area contributed by atoms with Crippen LogP contribution in [0.2, 0.25) is 0 Å². The minimum atomic E-state index is -0.236. The monoisotopic (exact) mass is 292 g/mol. The maximum atomic E-state index is 12.3. The molecule has 4 heteroatoms. The van der Waals surface area contributed by atoms with E-state index in [0.29, 0.717) is 12.1 Å². The summed E-state index contributed by atoms with van der Waals surface area (Å²) in [6.07, 6.45) is 0.912. The quantitative estimate of drug-likeness (QED) is 0.841. The van der Waals surface area contributed by atoms with Crippen LogP contribution in [0.15, 0.2) is 11.4 Å². The first-order chi connectivity index (χ1) is 9.13.